The molecule has 0 bridgehead atoms. The van der Waals surface area contributed by atoms with Gasteiger partial charge in [-0.3, -0.25) is 14.9 Å². The summed E-state index contributed by atoms with van der Waals surface area (Å²) in [5.74, 6) is -0.302. The van der Waals surface area contributed by atoms with Gasteiger partial charge in [0, 0.05) is 64.0 Å². The van der Waals surface area contributed by atoms with E-state index >= 15 is 0 Å². The van der Waals surface area contributed by atoms with Crippen LogP contribution >= 0.6 is 0 Å². The van der Waals surface area contributed by atoms with Gasteiger partial charge in [-0.05, 0) is 37.8 Å². The molecule has 0 atom stereocenters. The zero-order chi connectivity index (χ0) is 21.3. The first-order valence-electron chi connectivity index (χ1n) is 10.5. The van der Waals surface area contributed by atoms with Crippen LogP contribution in [0.4, 0.5) is 11.4 Å². The van der Waals surface area contributed by atoms with Crippen molar-refractivity contribution in [2.75, 3.05) is 57.3 Å². The lowest BCUT2D eigenvalue weighted by molar-refractivity contribution is -0.384. The highest BCUT2D eigenvalue weighted by Gasteiger charge is 2.35. The molecule has 11 heteroatoms. The van der Waals surface area contributed by atoms with Gasteiger partial charge in [-0.15, -0.1) is 0 Å². The van der Waals surface area contributed by atoms with Crippen LogP contribution in [0.5, 0.6) is 0 Å². The number of anilines is 1. The molecule has 3 heterocycles. The predicted molar refractivity (Wildman–Crippen MR) is 112 cm³/mol. The van der Waals surface area contributed by atoms with Crippen molar-refractivity contribution in [3.8, 4) is 0 Å². The second-order valence-corrected chi connectivity index (χ2v) is 9.89. The first-order chi connectivity index (χ1) is 14.4. The van der Waals surface area contributed by atoms with Crippen molar-refractivity contribution in [2.45, 2.75) is 25.7 Å². The summed E-state index contributed by atoms with van der Waals surface area (Å²) in [5, 5.41) is 11.6. The number of nitro groups is 1. The summed E-state index contributed by atoms with van der Waals surface area (Å²) in [5.41, 5.74) is 0.758. The molecular weight excluding hydrogens is 410 g/mol. The van der Waals surface area contributed by atoms with Crippen molar-refractivity contribution in [1.82, 2.24) is 13.5 Å². The largest absolute Gasteiger partial charge is 0.366 e. The van der Waals surface area contributed by atoms with E-state index in [0.29, 0.717) is 18.8 Å². The van der Waals surface area contributed by atoms with E-state index in [1.54, 1.807) is 17.0 Å². The highest BCUT2D eigenvalue weighted by atomic mass is 32.2. The van der Waals surface area contributed by atoms with Gasteiger partial charge in [0.2, 0.25) is 0 Å². The highest BCUT2D eigenvalue weighted by molar-refractivity contribution is 7.86. The third-order valence-corrected chi connectivity index (χ3v) is 8.14. The first kappa shape index (κ1) is 21.0. The van der Waals surface area contributed by atoms with Crippen molar-refractivity contribution in [3.63, 3.8) is 0 Å². The van der Waals surface area contributed by atoms with E-state index in [1.165, 1.54) is 14.7 Å². The number of benzene rings is 1. The van der Waals surface area contributed by atoms with Crippen molar-refractivity contribution < 1.29 is 18.1 Å². The number of carbonyl (C=O) groups is 1. The molecule has 0 radical (unpaired) electrons. The average Bonchev–Trinajstić information content (AvgIpc) is 3.47. The molecule has 1 aromatic carbocycles. The van der Waals surface area contributed by atoms with E-state index in [0.717, 1.165) is 38.8 Å². The molecule has 3 saturated heterocycles. The van der Waals surface area contributed by atoms with Crippen LogP contribution in [-0.4, -0.2) is 85.1 Å². The molecule has 1 aromatic rings. The van der Waals surface area contributed by atoms with Gasteiger partial charge in [-0.2, -0.15) is 17.0 Å². The number of hydrogen-bond acceptors (Lipinski definition) is 6. The fraction of sp³-hybridized carbons (Fsp3) is 0.632. The number of nitro benzene ring substituents is 1. The molecule has 1 amide bonds. The summed E-state index contributed by atoms with van der Waals surface area (Å²) < 4.78 is 28.3. The summed E-state index contributed by atoms with van der Waals surface area (Å²) in [6, 6.07) is 4.64. The van der Waals surface area contributed by atoms with Crippen LogP contribution in [-0.2, 0) is 10.2 Å². The smallest absolute Gasteiger partial charge is 0.293 e. The Labute approximate surface area is 176 Å². The minimum Gasteiger partial charge on any atom is -0.366 e. The zero-order valence-electron chi connectivity index (χ0n) is 16.9. The van der Waals surface area contributed by atoms with Crippen LogP contribution < -0.4 is 4.90 Å². The van der Waals surface area contributed by atoms with Crippen LogP contribution in [0.15, 0.2) is 18.2 Å². The normalized spacial score (nSPS) is 21.3. The van der Waals surface area contributed by atoms with Gasteiger partial charge >= 0.3 is 0 Å². The fourth-order valence-corrected chi connectivity index (χ4v) is 6.09. The number of rotatable bonds is 5. The third-order valence-electron chi connectivity index (χ3n) is 6.11. The zero-order valence-corrected chi connectivity index (χ0v) is 17.7. The number of piperazine rings is 1. The lowest BCUT2D eigenvalue weighted by atomic mass is 10.1. The Morgan fingerprint density at radius 2 is 1.43 bits per heavy atom. The maximum absolute atomic E-state index is 12.9. The topological polar surface area (TPSA) is 107 Å². The molecule has 0 N–H and O–H groups in total. The van der Waals surface area contributed by atoms with Crippen molar-refractivity contribution >= 4 is 27.5 Å². The van der Waals surface area contributed by atoms with Gasteiger partial charge < -0.3 is 9.80 Å². The monoisotopic (exact) mass is 437 g/mol. The average molecular weight is 438 g/mol. The number of nitrogens with zero attached hydrogens (tertiary/aromatic N) is 5. The molecule has 0 spiro atoms. The first-order valence-corrected chi connectivity index (χ1v) is 11.9. The molecule has 30 heavy (non-hydrogen) atoms. The van der Waals surface area contributed by atoms with Crippen LogP contribution in [0.2, 0.25) is 0 Å². The van der Waals surface area contributed by atoms with Crippen molar-refractivity contribution in [1.29, 1.82) is 0 Å². The lowest BCUT2D eigenvalue weighted by Gasteiger charge is -2.35. The Bertz CT molecular complexity index is 917. The van der Waals surface area contributed by atoms with E-state index in [2.05, 4.69) is 0 Å². The molecule has 3 fully saturated rings. The van der Waals surface area contributed by atoms with Crippen LogP contribution in [0.1, 0.15) is 36.0 Å². The Balaban J connectivity index is 1.45. The molecule has 3 aliphatic heterocycles. The molecule has 3 aliphatic rings. The van der Waals surface area contributed by atoms with E-state index in [1.807, 2.05) is 4.90 Å². The van der Waals surface area contributed by atoms with Crippen LogP contribution in [0.3, 0.4) is 0 Å². The Morgan fingerprint density at radius 1 is 0.867 bits per heavy atom. The molecule has 164 valence electrons. The second kappa shape index (κ2) is 8.48. The molecule has 0 aromatic heterocycles. The minimum atomic E-state index is -3.47. The van der Waals surface area contributed by atoms with E-state index < -0.39 is 15.1 Å². The van der Waals surface area contributed by atoms with Crippen LogP contribution in [0.25, 0.3) is 0 Å². The highest BCUT2D eigenvalue weighted by Crippen LogP contribution is 2.32. The van der Waals surface area contributed by atoms with Gasteiger partial charge in [-0.1, -0.05) is 0 Å². The van der Waals surface area contributed by atoms with E-state index in [9.17, 15) is 23.3 Å². The second-order valence-electron chi connectivity index (χ2n) is 7.96. The summed E-state index contributed by atoms with van der Waals surface area (Å²) in [7, 11) is -3.47. The molecule has 0 unspecified atom stereocenters. The van der Waals surface area contributed by atoms with E-state index in [4.69, 9.17) is 0 Å². The van der Waals surface area contributed by atoms with Gasteiger partial charge in [0.25, 0.3) is 21.8 Å². The van der Waals surface area contributed by atoms with Gasteiger partial charge in [0.05, 0.1) is 4.92 Å². The fourth-order valence-electron chi connectivity index (χ4n) is 4.41. The number of amides is 1. The third kappa shape index (κ3) is 4.01. The van der Waals surface area contributed by atoms with Crippen molar-refractivity contribution in [3.05, 3.63) is 33.9 Å². The van der Waals surface area contributed by atoms with Gasteiger partial charge in [-0.25, -0.2) is 0 Å². The molecule has 0 saturated carbocycles. The molecular formula is C19H27N5O5S. The summed E-state index contributed by atoms with van der Waals surface area (Å²) in [4.78, 5) is 27.6. The van der Waals surface area contributed by atoms with Crippen LogP contribution in [0, 0.1) is 10.1 Å². The van der Waals surface area contributed by atoms with Crippen molar-refractivity contribution in [2.24, 2.45) is 0 Å². The number of hydrogen-bond donors (Lipinski definition) is 0. The molecule has 0 aliphatic carbocycles. The molecule has 4 rings (SSSR count). The Morgan fingerprint density at radius 3 is 2.03 bits per heavy atom. The van der Waals surface area contributed by atoms with Gasteiger partial charge in [0.1, 0.15) is 5.69 Å². The number of carbonyl (C=O) groups excluding carboxylic acids is 1. The Kier molecular flexibility index (Phi) is 5.94. The quantitative estimate of drug-likeness (QED) is 0.508. The van der Waals surface area contributed by atoms with Gasteiger partial charge in [0.15, 0.2) is 0 Å². The predicted octanol–water partition coefficient (Wildman–Crippen LogP) is 1.29. The maximum Gasteiger partial charge on any atom is 0.293 e. The minimum absolute atomic E-state index is 0.0574. The lowest BCUT2D eigenvalue weighted by Crippen LogP contribution is -2.53. The standard InChI is InChI=1S/C19H27N5O5S/c25-19(16-5-6-17(18(15-16)24(26)27)20-7-1-2-8-20)21-11-13-23(14-12-21)30(28,29)22-9-3-4-10-22/h5-6,15H,1-4,7-14H2. The maximum atomic E-state index is 12.9. The SMILES string of the molecule is O=C(c1ccc(N2CCCC2)c([N+](=O)[O-])c1)N1CCN(S(=O)(=O)N2CCCC2)CC1. The molecule has 10 nitrogen and oxygen atoms in total. The van der Waals surface area contributed by atoms with E-state index in [-0.39, 0.29) is 43.3 Å². The summed E-state index contributed by atoms with van der Waals surface area (Å²) in [6.45, 7) is 3.67. The summed E-state index contributed by atoms with van der Waals surface area (Å²) >= 11 is 0. The summed E-state index contributed by atoms with van der Waals surface area (Å²) in [6.07, 6.45) is 3.76. The Hall–Kier alpha value is -2.24.